The molecule has 4 nitrogen and oxygen atoms in total. The molecule has 0 aliphatic rings. The molecular formula is C14H19NO3. The third kappa shape index (κ3) is 4.57. The van der Waals surface area contributed by atoms with E-state index in [4.69, 9.17) is 5.11 Å². The lowest BCUT2D eigenvalue weighted by molar-refractivity contribution is -0.143. The first-order chi connectivity index (χ1) is 8.50. The van der Waals surface area contributed by atoms with Crippen molar-refractivity contribution >= 4 is 11.9 Å². The van der Waals surface area contributed by atoms with Gasteiger partial charge in [-0.1, -0.05) is 37.3 Å². The van der Waals surface area contributed by atoms with Crippen LogP contribution in [0, 0.1) is 0 Å². The predicted molar refractivity (Wildman–Crippen MR) is 69.4 cm³/mol. The van der Waals surface area contributed by atoms with Crippen LogP contribution in [0.5, 0.6) is 0 Å². The zero-order chi connectivity index (χ0) is 13.5. The molecule has 1 aromatic carbocycles. The lowest BCUT2D eigenvalue weighted by Gasteiger charge is -2.16. The molecule has 1 N–H and O–H groups in total. The van der Waals surface area contributed by atoms with Crippen molar-refractivity contribution in [3.05, 3.63) is 35.9 Å². The molecule has 0 saturated carbocycles. The van der Waals surface area contributed by atoms with Crippen LogP contribution in [-0.2, 0) is 9.59 Å². The molecule has 1 unspecified atom stereocenters. The van der Waals surface area contributed by atoms with Gasteiger partial charge in [0.15, 0.2) is 0 Å². The van der Waals surface area contributed by atoms with Crippen LogP contribution in [-0.4, -0.2) is 35.5 Å². The van der Waals surface area contributed by atoms with Crippen molar-refractivity contribution < 1.29 is 14.7 Å². The third-order valence-electron chi connectivity index (χ3n) is 2.96. The zero-order valence-electron chi connectivity index (χ0n) is 10.8. The van der Waals surface area contributed by atoms with Crippen LogP contribution in [0.4, 0.5) is 0 Å². The molecule has 98 valence electrons. The monoisotopic (exact) mass is 249 g/mol. The summed E-state index contributed by atoms with van der Waals surface area (Å²) in [4.78, 5) is 23.4. The summed E-state index contributed by atoms with van der Waals surface area (Å²) in [6.45, 7) is 1.83. The Kier molecular flexibility index (Phi) is 5.36. The van der Waals surface area contributed by atoms with Crippen molar-refractivity contribution in [2.45, 2.75) is 25.7 Å². The summed E-state index contributed by atoms with van der Waals surface area (Å²) in [5.74, 6) is -0.810. The molecular weight excluding hydrogens is 230 g/mol. The van der Waals surface area contributed by atoms with Gasteiger partial charge in [-0.25, -0.2) is 0 Å². The van der Waals surface area contributed by atoms with Gasteiger partial charge >= 0.3 is 5.97 Å². The molecule has 0 bridgehead atoms. The summed E-state index contributed by atoms with van der Waals surface area (Å²) in [5, 5.41) is 8.59. The Hall–Kier alpha value is -1.84. The van der Waals surface area contributed by atoms with Crippen molar-refractivity contribution in [2.75, 3.05) is 13.6 Å². The number of hydrogen-bond acceptors (Lipinski definition) is 2. The van der Waals surface area contributed by atoms with E-state index in [-0.39, 0.29) is 12.5 Å². The summed E-state index contributed by atoms with van der Waals surface area (Å²) < 4.78 is 0. The topological polar surface area (TPSA) is 57.6 Å². The average Bonchev–Trinajstić information content (AvgIpc) is 2.35. The maximum atomic E-state index is 11.7. The van der Waals surface area contributed by atoms with Gasteiger partial charge in [-0.15, -0.1) is 0 Å². The number of aliphatic carboxylic acids is 1. The first-order valence-corrected chi connectivity index (χ1v) is 6.01. The first-order valence-electron chi connectivity index (χ1n) is 6.01. The normalized spacial score (nSPS) is 11.9. The van der Waals surface area contributed by atoms with Gasteiger partial charge in [0.25, 0.3) is 0 Å². The van der Waals surface area contributed by atoms with Crippen LogP contribution in [0.2, 0.25) is 0 Å². The van der Waals surface area contributed by atoms with Crippen LogP contribution < -0.4 is 0 Å². The maximum absolute atomic E-state index is 11.7. The molecule has 1 aromatic rings. The van der Waals surface area contributed by atoms with Gasteiger partial charge in [-0.2, -0.15) is 0 Å². The van der Waals surface area contributed by atoms with Crippen molar-refractivity contribution in [1.82, 2.24) is 4.90 Å². The number of likely N-dealkylation sites (N-methyl/N-ethyl adjacent to an activating group) is 1. The number of carbonyl (C=O) groups is 2. The molecule has 0 saturated heterocycles. The molecule has 0 heterocycles. The van der Waals surface area contributed by atoms with E-state index in [9.17, 15) is 9.59 Å². The summed E-state index contributed by atoms with van der Waals surface area (Å²) in [5.41, 5.74) is 1.20. The second kappa shape index (κ2) is 6.79. The highest BCUT2D eigenvalue weighted by atomic mass is 16.4. The van der Waals surface area contributed by atoms with Crippen molar-refractivity contribution in [2.24, 2.45) is 0 Å². The van der Waals surface area contributed by atoms with Crippen molar-refractivity contribution in [3.63, 3.8) is 0 Å². The number of rotatable bonds is 6. The number of amides is 1. The number of carboxylic acids is 1. The highest BCUT2D eigenvalue weighted by Gasteiger charge is 2.14. The standard InChI is InChI=1S/C14H19NO3/c1-11(12-6-4-3-5-7-12)8-9-13(16)15(2)10-14(17)18/h3-7,11H,8-10H2,1-2H3,(H,17,18). The van der Waals surface area contributed by atoms with Crippen LogP contribution in [0.3, 0.4) is 0 Å². The predicted octanol–water partition coefficient (Wildman–Crippen LogP) is 2.11. The molecule has 0 aromatic heterocycles. The fraction of sp³-hybridized carbons (Fsp3) is 0.429. The Labute approximate surface area is 107 Å². The number of carboxylic acid groups (broad SMARTS) is 1. The van der Waals surface area contributed by atoms with E-state index in [2.05, 4.69) is 6.92 Å². The minimum absolute atomic E-state index is 0.125. The van der Waals surface area contributed by atoms with Gasteiger partial charge in [-0.05, 0) is 17.9 Å². The highest BCUT2D eigenvalue weighted by Crippen LogP contribution is 2.20. The molecule has 0 radical (unpaired) electrons. The largest absolute Gasteiger partial charge is 0.480 e. The smallest absolute Gasteiger partial charge is 0.323 e. The molecule has 0 fully saturated rings. The van der Waals surface area contributed by atoms with Gasteiger partial charge < -0.3 is 10.0 Å². The molecule has 0 aliphatic carbocycles. The summed E-state index contributed by atoms with van der Waals surface area (Å²) in [6, 6.07) is 9.99. The minimum Gasteiger partial charge on any atom is -0.480 e. The molecule has 1 amide bonds. The van der Waals surface area contributed by atoms with E-state index in [0.29, 0.717) is 12.3 Å². The van der Waals surface area contributed by atoms with E-state index in [1.165, 1.54) is 17.5 Å². The summed E-state index contributed by atoms with van der Waals surface area (Å²) in [7, 11) is 1.52. The van der Waals surface area contributed by atoms with Crippen LogP contribution in [0.25, 0.3) is 0 Å². The Morgan fingerprint density at radius 1 is 1.28 bits per heavy atom. The fourth-order valence-corrected chi connectivity index (χ4v) is 1.77. The van der Waals surface area contributed by atoms with Crippen LogP contribution in [0.1, 0.15) is 31.2 Å². The number of hydrogen-bond donors (Lipinski definition) is 1. The van der Waals surface area contributed by atoms with Crippen molar-refractivity contribution in [3.8, 4) is 0 Å². The van der Waals surface area contributed by atoms with E-state index < -0.39 is 5.97 Å². The summed E-state index contributed by atoms with van der Waals surface area (Å²) >= 11 is 0. The van der Waals surface area contributed by atoms with Crippen LogP contribution >= 0.6 is 0 Å². The van der Waals surface area contributed by atoms with Gasteiger partial charge in [-0.3, -0.25) is 9.59 Å². The van der Waals surface area contributed by atoms with Gasteiger partial charge in [0, 0.05) is 13.5 Å². The number of carbonyl (C=O) groups excluding carboxylic acids is 1. The van der Waals surface area contributed by atoms with E-state index >= 15 is 0 Å². The molecule has 18 heavy (non-hydrogen) atoms. The van der Waals surface area contributed by atoms with Gasteiger partial charge in [0.05, 0.1) is 0 Å². The van der Waals surface area contributed by atoms with E-state index in [1.807, 2.05) is 30.3 Å². The van der Waals surface area contributed by atoms with Gasteiger partial charge in [0.1, 0.15) is 6.54 Å². The lowest BCUT2D eigenvalue weighted by atomic mass is 9.96. The SMILES string of the molecule is CC(CCC(=O)N(C)CC(=O)O)c1ccccc1. The Balaban J connectivity index is 2.41. The second-order valence-corrected chi connectivity index (χ2v) is 4.49. The fourth-order valence-electron chi connectivity index (χ4n) is 1.77. The second-order valence-electron chi connectivity index (χ2n) is 4.49. The Morgan fingerprint density at radius 2 is 1.89 bits per heavy atom. The first kappa shape index (κ1) is 14.2. The van der Waals surface area contributed by atoms with Crippen molar-refractivity contribution in [1.29, 1.82) is 0 Å². The summed E-state index contributed by atoms with van der Waals surface area (Å²) in [6.07, 6.45) is 1.10. The maximum Gasteiger partial charge on any atom is 0.323 e. The average molecular weight is 249 g/mol. The lowest BCUT2D eigenvalue weighted by Crippen LogP contribution is -2.31. The Morgan fingerprint density at radius 3 is 2.44 bits per heavy atom. The molecule has 1 atom stereocenters. The number of benzene rings is 1. The molecule has 0 spiro atoms. The Bertz CT molecular complexity index is 403. The quantitative estimate of drug-likeness (QED) is 0.840. The van der Waals surface area contributed by atoms with E-state index in [0.717, 1.165) is 6.42 Å². The molecule has 0 aliphatic heterocycles. The van der Waals surface area contributed by atoms with Gasteiger partial charge in [0.2, 0.25) is 5.91 Å². The number of nitrogens with zero attached hydrogens (tertiary/aromatic N) is 1. The highest BCUT2D eigenvalue weighted by molar-refractivity contribution is 5.81. The van der Waals surface area contributed by atoms with Crippen LogP contribution in [0.15, 0.2) is 30.3 Å². The third-order valence-corrected chi connectivity index (χ3v) is 2.96. The molecule has 1 rings (SSSR count). The minimum atomic E-state index is -0.984. The van der Waals surface area contributed by atoms with E-state index in [1.54, 1.807) is 0 Å². The zero-order valence-corrected chi connectivity index (χ0v) is 10.8. The molecule has 4 heteroatoms.